The molecule has 0 saturated heterocycles. The van der Waals surface area contributed by atoms with E-state index >= 15 is 0 Å². The largest absolute Gasteiger partial charge is 0.261 e. The molecule has 0 N–H and O–H groups in total. The van der Waals surface area contributed by atoms with Crippen molar-refractivity contribution in [1.82, 2.24) is 4.98 Å². The number of hydrogen-bond acceptors (Lipinski definition) is 2. The highest BCUT2D eigenvalue weighted by molar-refractivity contribution is 5.72. The van der Waals surface area contributed by atoms with Gasteiger partial charge in [-0.25, -0.2) is 0 Å². The molecule has 16 heavy (non-hydrogen) atoms. The molecule has 1 aromatic heterocycles. The zero-order chi connectivity index (χ0) is 11.5. The minimum absolute atomic E-state index is 0.696. The lowest BCUT2D eigenvalue weighted by Crippen LogP contribution is -1.90. The number of hydrogen-bond donors (Lipinski definition) is 0. The van der Waals surface area contributed by atoms with E-state index in [1.54, 1.807) is 6.20 Å². The minimum Gasteiger partial charge on any atom is -0.261 e. The molecular formula is C14H12N2. The van der Waals surface area contributed by atoms with Crippen molar-refractivity contribution in [3.05, 3.63) is 53.3 Å². The second-order valence-corrected chi connectivity index (χ2v) is 3.80. The standard InChI is InChI=1S/C14H12N2/c1-10-5-6-12(9-15)14(8-10)13-4-3-7-16-11(13)2/h3-8H,1-2H3. The first-order valence-electron chi connectivity index (χ1n) is 5.15. The second-order valence-electron chi connectivity index (χ2n) is 3.80. The molecule has 2 rings (SSSR count). The van der Waals surface area contributed by atoms with Crippen LogP contribution in [0.1, 0.15) is 16.8 Å². The van der Waals surface area contributed by atoms with Gasteiger partial charge in [0, 0.05) is 23.0 Å². The van der Waals surface area contributed by atoms with E-state index in [-0.39, 0.29) is 0 Å². The molecule has 0 aliphatic rings. The lowest BCUT2D eigenvalue weighted by Gasteiger charge is -2.07. The highest BCUT2D eigenvalue weighted by Gasteiger charge is 2.07. The van der Waals surface area contributed by atoms with E-state index in [1.807, 2.05) is 44.2 Å². The SMILES string of the molecule is Cc1ccc(C#N)c(-c2cccnc2C)c1. The fraction of sp³-hybridized carbons (Fsp3) is 0.143. The molecule has 0 fully saturated rings. The van der Waals surface area contributed by atoms with Crippen molar-refractivity contribution in [2.45, 2.75) is 13.8 Å². The van der Waals surface area contributed by atoms with E-state index in [0.29, 0.717) is 5.56 Å². The van der Waals surface area contributed by atoms with E-state index in [4.69, 9.17) is 5.26 Å². The summed E-state index contributed by atoms with van der Waals surface area (Å²) in [6, 6.07) is 12.0. The zero-order valence-corrected chi connectivity index (χ0v) is 9.36. The predicted octanol–water partition coefficient (Wildman–Crippen LogP) is 3.24. The van der Waals surface area contributed by atoms with Crippen LogP contribution in [0.2, 0.25) is 0 Å². The molecule has 2 heteroatoms. The van der Waals surface area contributed by atoms with Gasteiger partial charge < -0.3 is 0 Å². The van der Waals surface area contributed by atoms with Crippen LogP contribution in [-0.2, 0) is 0 Å². The second kappa shape index (κ2) is 4.16. The fourth-order valence-electron chi connectivity index (χ4n) is 1.75. The van der Waals surface area contributed by atoms with E-state index < -0.39 is 0 Å². The van der Waals surface area contributed by atoms with Crippen LogP contribution < -0.4 is 0 Å². The van der Waals surface area contributed by atoms with Gasteiger partial charge in [0.1, 0.15) is 0 Å². The van der Waals surface area contributed by atoms with Crippen molar-refractivity contribution < 1.29 is 0 Å². The monoisotopic (exact) mass is 208 g/mol. The molecule has 2 aromatic rings. The van der Waals surface area contributed by atoms with E-state index in [9.17, 15) is 0 Å². The number of pyridine rings is 1. The minimum atomic E-state index is 0.696. The van der Waals surface area contributed by atoms with Crippen molar-refractivity contribution >= 4 is 0 Å². The molecule has 0 amide bonds. The molecule has 0 bridgehead atoms. The lowest BCUT2D eigenvalue weighted by molar-refractivity contribution is 1.20. The Hall–Kier alpha value is -2.14. The molecule has 2 nitrogen and oxygen atoms in total. The maximum absolute atomic E-state index is 9.09. The fourth-order valence-corrected chi connectivity index (χ4v) is 1.75. The van der Waals surface area contributed by atoms with Gasteiger partial charge >= 0.3 is 0 Å². The van der Waals surface area contributed by atoms with E-state index in [1.165, 1.54) is 0 Å². The normalized spacial score (nSPS) is 9.81. The quantitative estimate of drug-likeness (QED) is 0.721. The van der Waals surface area contributed by atoms with E-state index in [2.05, 4.69) is 11.1 Å². The Morgan fingerprint density at radius 1 is 1.12 bits per heavy atom. The Morgan fingerprint density at radius 3 is 2.62 bits per heavy atom. The maximum Gasteiger partial charge on any atom is 0.0998 e. The summed E-state index contributed by atoms with van der Waals surface area (Å²) in [5.74, 6) is 0. The summed E-state index contributed by atoms with van der Waals surface area (Å²) in [7, 11) is 0. The van der Waals surface area contributed by atoms with Gasteiger partial charge in [-0.15, -0.1) is 0 Å². The van der Waals surface area contributed by atoms with Gasteiger partial charge in [0.05, 0.1) is 11.6 Å². The van der Waals surface area contributed by atoms with Gasteiger partial charge in [-0.05, 0) is 26.0 Å². The van der Waals surface area contributed by atoms with E-state index in [0.717, 1.165) is 22.4 Å². The first kappa shape index (κ1) is 10.4. The molecule has 78 valence electrons. The first-order chi connectivity index (χ1) is 7.72. The Bertz CT molecular complexity index is 565. The third-order valence-electron chi connectivity index (χ3n) is 2.59. The van der Waals surface area contributed by atoms with Crippen molar-refractivity contribution in [3.8, 4) is 17.2 Å². The summed E-state index contributed by atoms with van der Waals surface area (Å²) in [6.07, 6.45) is 1.76. The van der Waals surface area contributed by atoms with Crippen molar-refractivity contribution in [2.24, 2.45) is 0 Å². The number of nitrogens with zero attached hydrogens (tertiary/aromatic N) is 2. The van der Waals surface area contributed by atoms with Gasteiger partial charge in [-0.1, -0.05) is 23.8 Å². The van der Waals surface area contributed by atoms with Crippen molar-refractivity contribution in [2.75, 3.05) is 0 Å². The Kier molecular flexibility index (Phi) is 2.70. The first-order valence-corrected chi connectivity index (χ1v) is 5.15. The summed E-state index contributed by atoms with van der Waals surface area (Å²) in [5, 5.41) is 9.09. The average Bonchev–Trinajstić information content (AvgIpc) is 2.29. The maximum atomic E-state index is 9.09. The van der Waals surface area contributed by atoms with Crippen LogP contribution in [0.4, 0.5) is 0 Å². The van der Waals surface area contributed by atoms with Gasteiger partial charge in [0.25, 0.3) is 0 Å². The van der Waals surface area contributed by atoms with Gasteiger partial charge in [-0.3, -0.25) is 4.98 Å². The molecule has 0 spiro atoms. The predicted molar refractivity (Wildman–Crippen MR) is 63.9 cm³/mol. The molecule has 0 saturated carbocycles. The molecule has 1 aromatic carbocycles. The number of nitriles is 1. The topological polar surface area (TPSA) is 36.7 Å². The average molecular weight is 208 g/mol. The van der Waals surface area contributed by atoms with Crippen molar-refractivity contribution in [1.29, 1.82) is 5.26 Å². The highest BCUT2D eigenvalue weighted by atomic mass is 14.7. The number of aryl methyl sites for hydroxylation is 2. The smallest absolute Gasteiger partial charge is 0.0998 e. The third kappa shape index (κ3) is 1.80. The molecule has 0 radical (unpaired) electrons. The van der Waals surface area contributed by atoms with Gasteiger partial charge in [-0.2, -0.15) is 5.26 Å². The van der Waals surface area contributed by atoms with Gasteiger partial charge in [0.2, 0.25) is 0 Å². The van der Waals surface area contributed by atoms with Crippen LogP contribution in [0, 0.1) is 25.2 Å². The molecule has 1 heterocycles. The number of rotatable bonds is 1. The summed E-state index contributed by atoms with van der Waals surface area (Å²) < 4.78 is 0. The Balaban J connectivity index is 2.69. The zero-order valence-electron chi connectivity index (χ0n) is 9.36. The van der Waals surface area contributed by atoms with Gasteiger partial charge in [0.15, 0.2) is 0 Å². The summed E-state index contributed by atoms with van der Waals surface area (Å²) in [5.41, 5.74) is 4.79. The molecule has 0 atom stereocenters. The number of aromatic nitrogens is 1. The van der Waals surface area contributed by atoms with Crippen LogP contribution in [0.25, 0.3) is 11.1 Å². The molecule has 0 aliphatic heterocycles. The summed E-state index contributed by atoms with van der Waals surface area (Å²) in [6.45, 7) is 3.98. The van der Waals surface area contributed by atoms with Crippen LogP contribution in [0.15, 0.2) is 36.5 Å². The van der Waals surface area contributed by atoms with Crippen LogP contribution in [0.3, 0.4) is 0 Å². The third-order valence-corrected chi connectivity index (χ3v) is 2.59. The number of benzene rings is 1. The molecular weight excluding hydrogens is 196 g/mol. The summed E-state index contributed by atoms with van der Waals surface area (Å²) >= 11 is 0. The summed E-state index contributed by atoms with van der Waals surface area (Å²) in [4.78, 5) is 4.25. The lowest BCUT2D eigenvalue weighted by atomic mass is 9.97. The van der Waals surface area contributed by atoms with Crippen molar-refractivity contribution in [3.63, 3.8) is 0 Å². The Labute approximate surface area is 95.2 Å². The highest BCUT2D eigenvalue weighted by Crippen LogP contribution is 2.26. The molecule has 0 aliphatic carbocycles. The van der Waals surface area contributed by atoms with Crippen LogP contribution in [-0.4, -0.2) is 4.98 Å². The van der Waals surface area contributed by atoms with Crippen LogP contribution in [0.5, 0.6) is 0 Å². The Morgan fingerprint density at radius 2 is 1.94 bits per heavy atom. The molecule has 0 unspecified atom stereocenters. The van der Waals surface area contributed by atoms with Crippen LogP contribution >= 0.6 is 0 Å².